The second-order valence-corrected chi connectivity index (χ2v) is 13.0. The second kappa shape index (κ2) is 11.5. The first kappa shape index (κ1) is 28.4. The van der Waals surface area contributed by atoms with E-state index in [1.54, 1.807) is 17.7 Å². The highest BCUT2D eigenvalue weighted by molar-refractivity contribution is 7.25. The van der Waals surface area contributed by atoms with Crippen molar-refractivity contribution >= 4 is 70.9 Å². The van der Waals surface area contributed by atoms with Gasteiger partial charge in [0.05, 0.1) is 5.69 Å². The lowest BCUT2D eigenvalue weighted by atomic mass is 10.0. The van der Waals surface area contributed by atoms with Crippen molar-refractivity contribution in [2.24, 2.45) is 0 Å². The molecular weight excluding hydrogens is 639 g/mol. The molecule has 236 valence electrons. The third-order valence-electron chi connectivity index (χ3n) is 8.91. The van der Waals surface area contributed by atoms with E-state index in [4.69, 9.17) is 23.8 Å². The molecule has 10 rings (SSSR count). The number of fused-ring (bicyclic) bond motifs is 5. The molecule has 4 heterocycles. The zero-order valence-electron chi connectivity index (χ0n) is 26.4. The van der Waals surface area contributed by atoms with E-state index in [0.717, 1.165) is 71.9 Å². The Hall–Kier alpha value is -6.64. The van der Waals surface area contributed by atoms with Crippen LogP contribution in [0.5, 0.6) is 0 Å². The van der Waals surface area contributed by atoms with Crippen LogP contribution < -0.4 is 4.90 Å². The fraction of sp³-hybridized carbons (Fsp3) is 0. The van der Waals surface area contributed by atoms with Gasteiger partial charge in [-0.1, -0.05) is 54.6 Å². The average Bonchev–Trinajstić information content (AvgIpc) is 3.91. The van der Waals surface area contributed by atoms with Crippen molar-refractivity contribution in [3.05, 3.63) is 152 Å². The van der Waals surface area contributed by atoms with Crippen LogP contribution in [0.25, 0.3) is 76.7 Å². The summed E-state index contributed by atoms with van der Waals surface area (Å²) in [5, 5.41) is 2.26. The van der Waals surface area contributed by atoms with Crippen LogP contribution in [0.15, 0.2) is 161 Å². The zero-order valence-corrected chi connectivity index (χ0v) is 27.2. The number of thiophene rings is 1. The molecule has 0 saturated carbocycles. The minimum Gasteiger partial charge on any atom is -0.436 e. The predicted molar refractivity (Wildman–Crippen MR) is 201 cm³/mol. The van der Waals surface area contributed by atoms with Crippen LogP contribution in [0.4, 0.5) is 17.1 Å². The number of nitrogens with zero attached hydrogens (tertiary/aromatic N) is 5. The normalized spacial score (nSPS) is 11.6. The lowest BCUT2D eigenvalue weighted by molar-refractivity contribution is 0.619. The highest BCUT2D eigenvalue weighted by atomic mass is 32.1. The fourth-order valence-electron chi connectivity index (χ4n) is 6.49. The molecule has 0 spiro atoms. The van der Waals surface area contributed by atoms with Gasteiger partial charge in [0, 0.05) is 49.2 Å². The summed E-state index contributed by atoms with van der Waals surface area (Å²) in [6.07, 6.45) is 1.66. The van der Waals surface area contributed by atoms with Crippen LogP contribution >= 0.6 is 11.3 Å². The van der Waals surface area contributed by atoms with Crippen molar-refractivity contribution in [3.8, 4) is 34.2 Å². The maximum absolute atomic E-state index is 6.06. The minimum absolute atomic E-state index is 0.591. The summed E-state index contributed by atoms with van der Waals surface area (Å²) >= 11 is 1.69. The van der Waals surface area contributed by atoms with Gasteiger partial charge < -0.3 is 13.7 Å². The van der Waals surface area contributed by atoms with E-state index in [2.05, 4.69) is 82.7 Å². The molecule has 0 aliphatic heterocycles. The van der Waals surface area contributed by atoms with E-state index in [9.17, 15) is 0 Å². The van der Waals surface area contributed by atoms with Gasteiger partial charge in [0.25, 0.3) is 0 Å². The van der Waals surface area contributed by atoms with E-state index >= 15 is 0 Å². The van der Waals surface area contributed by atoms with E-state index in [0.29, 0.717) is 11.8 Å². The number of hydrogen-bond donors (Lipinski definition) is 0. The predicted octanol–water partition coefficient (Wildman–Crippen LogP) is 11.6. The van der Waals surface area contributed by atoms with Crippen molar-refractivity contribution in [2.75, 3.05) is 4.90 Å². The first-order valence-electron chi connectivity index (χ1n) is 16.2. The Bertz CT molecular complexity index is 2640. The van der Waals surface area contributed by atoms with Crippen molar-refractivity contribution in [1.29, 1.82) is 0 Å². The summed E-state index contributed by atoms with van der Waals surface area (Å²) in [6.45, 7) is 0. The van der Waals surface area contributed by atoms with Crippen molar-refractivity contribution in [2.45, 2.75) is 0 Å². The summed E-state index contributed by atoms with van der Waals surface area (Å²) in [4.78, 5) is 21.9. The molecule has 0 bridgehead atoms. The number of para-hydroxylation sites is 4. The molecule has 0 N–H and O–H groups in total. The largest absolute Gasteiger partial charge is 0.436 e. The number of aromatic nitrogens is 4. The van der Waals surface area contributed by atoms with Crippen LogP contribution in [0.1, 0.15) is 0 Å². The van der Waals surface area contributed by atoms with Gasteiger partial charge in [0.2, 0.25) is 11.8 Å². The lowest BCUT2D eigenvalue weighted by Crippen LogP contribution is -2.09. The van der Waals surface area contributed by atoms with Gasteiger partial charge in [-0.25, -0.2) is 19.9 Å². The van der Waals surface area contributed by atoms with E-state index in [1.165, 1.54) is 10.1 Å². The van der Waals surface area contributed by atoms with Gasteiger partial charge in [-0.3, -0.25) is 0 Å². The Morgan fingerprint density at radius 2 is 0.980 bits per heavy atom. The van der Waals surface area contributed by atoms with Gasteiger partial charge in [0.15, 0.2) is 11.2 Å². The molecule has 0 amide bonds. The number of rotatable bonds is 6. The van der Waals surface area contributed by atoms with Crippen LogP contribution in [0.3, 0.4) is 0 Å². The maximum atomic E-state index is 6.06. The molecule has 50 heavy (non-hydrogen) atoms. The number of hydrogen-bond acceptors (Lipinski definition) is 8. The number of oxazole rings is 2. The van der Waals surface area contributed by atoms with Gasteiger partial charge in [-0.05, 0) is 91.0 Å². The Kier molecular flexibility index (Phi) is 6.53. The molecule has 7 nitrogen and oxygen atoms in total. The minimum atomic E-state index is 0.591. The molecule has 0 unspecified atom stereocenters. The van der Waals surface area contributed by atoms with Gasteiger partial charge in [-0.2, -0.15) is 0 Å². The van der Waals surface area contributed by atoms with Crippen LogP contribution in [0, 0.1) is 0 Å². The average molecular weight is 664 g/mol. The molecule has 8 heteroatoms. The summed E-state index contributed by atoms with van der Waals surface area (Å²) in [5.41, 5.74) is 9.95. The number of benzene rings is 6. The Labute approximate surface area is 289 Å². The van der Waals surface area contributed by atoms with Crippen molar-refractivity contribution in [1.82, 2.24) is 19.9 Å². The second-order valence-electron chi connectivity index (χ2n) is 12.0. The summed E-state index contributed by atoms with van der Waals surface area (Å²) in [5.74, 6) is 1.18. The van der Waals surface area contributed by atoms with Crippen molar-refractivity contribution < 1.29 is 8.83 Å². The monoisotopic (exact) mass is 663 g/mol. The molecule has 0 aliphatic rings. The van der Waals surface area contributed by atoms with Gasteiger partial charge >= 0.3 is 0 Å². The van der Waals surface area contributed by atoms with Crippen molar-refractivity contribution in [3.63, 3.8) is 0 Å². The molecule has 0 atom stereocenters. The Morgan fingerprint density at radius 3 is 1.54 bits per heavy atom. The summed E-state index contributed by atoms with van der Waals surface area (Å²) < 4.78 is 13.3. The molecule has 10 aromatic rings. The van der Waals surface area contributed by atoms with Crippen LogP contribution in [-0.4, -0.2) is 19.9 Å². The van der Waals surface area contributed by atoms with Gasteiger partial charge in [0.1, 0.15) is 22.2 Å². The summed E-state index contributed by atoms with van der Waals surface area (Å²) in [6, 6.07) is 49.2. The molecule has 0 aliphatic carbocycles. The van der Waals surface area contributed by atoms with Crippen LogP contribution in [0.2, 0.25) is 0 Å². The molecule has 0 fully saturated rings. The first-order valence-corrected chi connectivity index (χ1v) is 17.0. The van der Waals surface area contributed by atoms with Crippen LogP contribution in [-0.2, 0) is 0 Å². The lowest BCUT2D eigenvalue weighted by Gasteiger charge is -2.26. The third-order valence-corrected chi connectivity index (χ3v) is 9.99. The fourth-order valence-corrected chi connectivity index (χ4v) is 7.53. The highest BCUT2D eigenvalue weighted by Crippen LogP contribution is 2.40. The molecule has 0 radical (unpaired) electrons. The molecular formula is C42H25N5O2S. The van der Waals surface area contributed by atoms with Gasteiger partial charge in [-0.15, -0.1) is 11.3 Å². The highest BCUT2D eigenvalue weighted by Gasteiger charge is 2.18. The smallest absolute Gasteiger partial charge is 0.227 e. The topological polar surface area (TPSA) is 81.1 Å². The maximum Gasteiger partial charge on any atom is 0.227 e. The molecule has 6 aromatic carbocycles. The third kappa shape index (κ3) is 4.81. The summed E-state index contributed by atoms with van der Waals surface area (Å²) in [7, 11) is 0. The van der Waals surface area contributed by atoms with E-state index < -0.39 is 0 Å². The van der Waals surface area contributed by atoms with E-state index in [1.807, 2.05) is 72.8 Å². The standard InChI is InChI=1S/C42H25N5O2S/c1-6-12-37-32(7-1)38-39(43-25-44-42(38)50-37)26-13-19-29(20-14-26)47(30-21-15-27(16-22-30)40-45-33-8-2-4-10-35(33)48-40)31-23-17-28(18-24-31)41-46-34-9-3-5-11-36(34)49-41/h1-25H. The SMILES string of the molecule is c1ccc2oc(-c3ccc(N(c4ccc(-c5nc6ccccc6o5)cc4)c4ccc(-c5ncnc6sc7ccccc7c56)cc4)cc3)nc2c1. The Balaban J connectivity index is 1.05. The van der Waals surface area contributed by atoms with E-state index in [-0.39, 0.29) is 0 Å². The zero-order chi connectivity index (χ0) is 33.0. The molecule has 4 aromatic heterocycles. The Morgan fingerprint density at radius 1 is 0.480 bits per heavy atom. The first-order chi connectivity index (χ1) is 24.7. The molecule has 0 saturated heterocycles. The quantitative estimate of drug-likeness (QED) is 0.175. The number of anilines is 3.